The van der Waals surface area contributed by atoms with Gasteiger partial charge in [0.15, 0.2) is 5.69 Å². The summed E-state index contributed by atoms with van der Waals surface area (Å²) in [6, 6.07) is 17.1. The van der Waals surface area contributed by atoms with Gasteiger partial charge in [-0.1, -0.05) is 42.5 Å². The summed E-state index contributed by atoms with van der Waals surface area (Å²) in [4.78, 5) is 17.8. The van der Waals surface area contributed by atoms with Crippen LogP contribution >= 0.6 is 11.3 Å². The zero-order valence-electron chi connectivity index (χ0n) is 17.5. The molecule has 160 valence electrons. The smallest absolute Gasteiger partial charge is 0.301 e. The molecule has 0 aliphatic heterocycles. The van der Waals surface area contributed by atoms with Gasteiger partial charge < -0.3 is 4.74 Å². The van der Waals surface area contributed by atoms with Crippen molar-refractivity contribution in [1.29, 1.82) is 0 Å². The van der Waals surface area contributed by atoms with Gasteiger partial charge in [-0.25, -0.2) is 4.98 Å². The molecule has 0 radical (unpaired) electrons. The van der Waals surface area contributed by atoms with E-state index in [0.717, 1.165) is 11.3 Å². The quantitative estimate of drug-likeness (QED) is 0.281. The number of nitrogens with one attached hydrogen (secondary N) is 1. The topological polar surface area (TPSA) is 84.6 Å². The first kappa shape index (κ1) is 21.3. The monoisotopic (exact) mass is 443 g/mol. The minimum atomic E-state index is -0.330. The summed E-state index contributed by atoms with van der Waals surface area (Å²) in [5.41, 5.74) is 2.82. The van der Waals surface area contributed by atoms with Gasteiger partial charge in [-0.05, 0) is 19.1 Å². The molecule has 0 saturated heterocycles. The van der Waals surface area contributed by atoms with Gasteiger partial charge in [0.25, 0.3) is 0 Å². The van der Waals surface area contributed by atoms with Gasteiger partial charge in [0, 0.05) is 23.8 Å². The number of rotatable bonds is 8. The van der Waals surface area contributed by atoms with Crippen LogP contribution in [-0.4, -0.2) is 21.4 Å². The standard InChI is InChI=1S/C24H21N5O2S/c1-3-5-13-19-22(27-26-18-14-9-10-15-21(18)31-4-2)23(30)29(28-19)24-25-20(16-32-24)17-11-7-6-8-12-17/h1,6-12,14-16,28H,4-5,13H2,2H3. The number of hydrogen-bond donors (Lipinski definition) is 1. The molecule has 0 unspecified atom stereocenters. The number of nitrogens with zero attached hydrogens (tertiary/aromatic N) is 4. The van der Waals surface area contributed by atoms with Crippen LogP contribution in [0.1, 0.15) is 19.0 Å². The molecule has 4 aromatic rings. The second-order valence-electron chi connectivity index (χ2n) is 6.77. The van der Waals surface area contributed by atoms with Gasteiger partial charge in [-0.2, -0.15) is 4.68 Å². The largest absolute Gasteiger partial charge is 0.492 e. The third kappa shape index (κ3) is 4.53. The fourth-order valence-corrected chi connectivity index (χ4v) is 3.90. The van der Waals surface area contributed by atoms with Gasteiger partial charge in [0.05, 0.1) is 18.0 Å². The van der Waals surface area contributed by atoms with Crippen LogP contribution in [0.15, 0.2) is 75.0 Å². The van der Waals surface area contributed by atoms with Crippen molar-refractivity contribution in [3.05, 3.63) is 76.0 Å². The molecule has 2 aromatic heterocycles. The number of benzene rings is 2. The fraction of sp³-hybridized carbons (Fsp3) is 0.167. The normalized spacial score (nSPS) is 11.0. The van der Waals surface area contributed by atoms with E-state index in [2.05, 4.69) is 26.2 Å². The lowest BCUT2D eigenvalue weighted by Gasteiger charge is -2.04. The van der Waals surface area contributed by atoms with E-state index in [1.54, 1.807) is 6.07 Å². The van der Waals surface area contributed by atoms with Crippen LogP contribution in [0.5, 0.6) is 5.75 Å². The van der Waals surface area contributed by atoms with Crippen LogP contribution in [0.2, 0.25) is 0 Å². The molecule has 4 rings (SSSR count). The number of para-hydroxylation sites is 1. The predicted octanol–water partition coefficient (Wildman–Crippen LogP) is 5.67. The van der Waals surface area contributed by atoms with Crippen LogP contribution in [0.4, 0.5) is 11.4 Å². The number of hydrogen-bond acceptors (Lipinski definition) is 6. The molecule has 0 bridgehead atoms. The molecule has 8 heteroatoms. The predicted molar refractivity (Wildman–Crippen MR) is 126 cm³/mol. The van der Waals surface area contributed by atoms with E-state index in [1.165, 1.54) is 16.0 Å². The Labute approximate surface area is 189 Å². The third-order valence-electron chi connectivity index (χ3n) is 4.63. The number of ether oxygens (including phenoxy) is 1. The van der Waals surface area contributed by atoms with E-state index in [9.17, 15) is 4.79 Å². The van der Waals surface area contributed by atoms with E-state index in [0.29, 0.717) is 41.7 Å². The molecular formula is C24H21N5O2S. The van der Waals surface area contributed by atoms with E-state index >= 15 is 0 Å². The van der Waals surface area contributed by atoms with Gasteiger partial charge >= 0.3 is 5.56 Å². The summed E-state index contributed by atoms with van der Waals surface area (Å²) in [6.07, 6.45) is 6.37. The van der Waals surface area contributed by atoms with Crippen LogP contribution in [0, 0.1) is 12.3 Å². The zero-order chi connectivity index (χ0) is 22.3. The maximum Gasteiger partial charge on any atom is 0.301 e. The molecule has 1 N–H and O–H groups in total. The van der Waals surface area contributed by atoms with Crippen molar-refractivity contribution in [2.75, 3.05) is 6.61 Å². The number of H-pyrrole nitrogens is 1. The Hall–Kier alpha value is -3.96. The Morgan fingerprint density at radius 1 is 1.16 bits per heavy atom. The zero-order valence-corrected chi connectivity index (χ0v) is 18.3. The third-order valence-corrected chi connectivity index (χ3v) is 5.46. The lowest BCUT2D eigenvalue weighted by atomic mass is 10.2. The molecule has 32 heavy (non-hydrogen) atoms. The van der Waals surface area contributed by atoms with E-state index in [1.807, 2.05) is 60.8 Å². The van der Waals surface area contributed by atoms with E-state index in [-0.39, 0.29) is 11.2 Å². The number of thiazole rings is 1. The minimum Gasteiger partial charge on any atom is -0.492 e. The highest BCUT2D eigenvalue weighted by Crippen LogP contribution is 2.29. The number of azo groups is 1. The first-order valence-corrected chi connectivity index (χ1v) is 11.0. The second kappa shape index (κ2) is 9.90. The van der Waals surface area contributed by atoms with Crippen LogP contribution < -0.4 is 10.3 Å². The number of aryl methyl sites for hydroxylation is 1. The lowest BCUT2D eigenvalue weighted by Crippen LogP contribution is -2.13. The molecule has 2 aromatic carbocycles. The summed E-state index contributed by atoms with van der Waals surface area (Å²) >= 11 is 1.37. The highest BCUT2D eigenvalue weighted by atomic mass is 32.1. The Balaban J connectivity index is 1.72. The maximum atomic E-state index is 13.2. The van der Waals surface area contributed by atoms with Crippen molar-refractivity contribution in [3.63, 3.8) is 0 Å². The highest BCUT2D eigenvalue weighted by molar-refractivity contribution is 7.12. The van der Waals surface area contributed by atoms with Gasteiger partial charge in [0.2, 0.25) is 5.13 Å². The Morgan fingerprint density at radius 3 is 2.72 bits per heavy atom. The van der Waals surface area contributed by atoms with Gasteiger partial charge in [-0.3, -0.25) is 9.89 Å². The SMILES string of the molecule is C#CCCc1[nH]n(-c2nc(-c3ccccc3)cs2)c(=O)c1N=Nc1ccccc1OCC. The minimum absolute atomic E-state index is 0.211. The Morgan fingerprint density at radius 2 is 1.94 bits per heavy atom. The van der Waals surface area contributed by atoms with Gasteiger partial charge in [-0.15, -0.1) is 33.9 Å². The molecule has 0 amide bonds. The van der Waals surface area contributed by atoms with Gasteiger partial charge in [0.1, 0.15) is 11.4 Å². The van der Waals surface area contributed by atoms with E-state index in [4.69, 9.17) is 11.2 Å². The average molecular weight is 444 g/mol. The molecule has 0 fully saturated rings. The number of terminal acetylenes is 1. The van der Waals surface area contributed by atoms with Crippen molar-refractivity contribution < 1.29 is 4.74 Å². The summed E-state index contributed by atoms with van der Waals surface area (Å²) in [6.45, 7) is 2.40. The molecular weight excluding hydrogens is 422 g/mol. The summed E-state index contributed by atoms with van der Waals surface area (Å²) in [7, 11) is 0. The second-order valence-corrected chi connectivity index (χ2v) is 7.60. The molecule has 0 aliphatic rings. The molecule has 0 saturated carbocycles. The van der Waals surface area contributed by atoms with Crippen molar-refractivity contribution in [3.8, 4) is 34.5 Å². The molecule has 0 atom stereocenters. The van der Waals surface area contributed by atoms with Crippen molar-refractivity contribution >= 4 is 22.7 Å². The Bertz CT molecular complexity index is 1330. The van der Waals surface area contributed by atoms with Crippen LogP contribution in [0.3, 0.4) is 0 Å². The lowest BCUT2D eigenvalue weighted by molar-refractivity contribution is 0.341. The molecule has 7 nitrogen and oxygen atoms in total. The Kier molecular flexibility index (Phi) is 6.58. The van der Waals surface area contributed by atoms with E-state index < -0.39 is 0 Å². The summed E-state index contributed by atoms with van der Waals surface area (Å²) < 4.78 is 6.98. The number of aromatic amines is 1. The summed E-state index contributed by atoms with van der Waals surface area (Å²) in [5.74, 6) is 3.20. The molecule has 0 spiro atoms. The van der Waals surface area contributed by atoms with Crippen molar-refractivity contribution in [1.82, 2.24) is 14.8 Å². The first-order valence-electron chi connectivity index (χ1n) is 10.1. The van der Waals surface area contributed by atoms with Crippen molar-refractivity contribution in [2.45, 2.75) is 19.8 Å². The highest BCUT2D eigenvalue weighted by Gasteiger charge is 2.18. The molecule has 2 heterocycles. The first-order chi connectivity index (χ1) is 15.7. The number of aromatic nitrogens is 3. The van der Waals surface area contributed by atoms with Crippen molar-refractivity contribution in [2.24, 2.45) is 10.2 Å². The fourth-order valence-electron chi connectivity index (χ4n) is 3.11. The summed E-state index contributed by atoms with van der Waals surface area (Å²) in [5, 5.41) is 14.1. The maximum absolute atomic E-state index is 13.2. The average Bonchev–Trinajstić information content (AvgIpc) is 3.43. The molecule has 0 aliphatic carbocycles. The van der Waals surface area contributed by atoms with Crippen LogP contribution in [0.25, 0.3) is 16.4 Å². The van der Waals surface area contributed by atoms with Crippen LogP contribution in [-0.2, 0) is 6.42 Å².